The Morgan fingerprint density at radius 1 is 1.17 bits per heavy atom. The second-order valence-corrected chi connectivity index (χ2v) is 7.45. The first kappa shape index (κ1) is 19.0. The Morgan fingerprint density at radius 3 is 2.72 bits per heavy atom. The summed E-state index contributed by atoms with van der Waals surface area (Å²) in [6.45, 7) is 5.45. The SMILES string of the molecule is Cc1cccc(NC(=O)[C@H](C)n2cnc3nc(N4CCCCC4)ncc3c2=O)c1. The van der Waals surface area contributed by atoms with Gasteiger partial charge in [0.15, 0.2) is 5.65 Å². The van der Waals surface area contributed by atoms with Gasteiger partial charge in [-0.1, -0.05) is 12.1 Å². The molecule has 1 saturated heterocycles. The summed E-state index contributed by atoms with van der Waals surface area (Å²) in [6, 6.07) is 6.80. The molecule has 8 heteroatoms. The fourth-order valence-electron chi connectivity index (χ4n) is 3.54. The molecular formula is C21H24N6O2. The molecule has 0 spiro atoms. The fourth-order valence-corrected chi connectivity index (χ4v) is 3.54. The molecule has 0 bridgehead atoms. The maximum absolute atomic E-state index is 12.9. The maximum Gasteiger partial charge on any atom is 0.265 e. The van der Waals surface area contributed by atoms with Gasteiger partial charge in [0.2, 0.25) is 11.9 Å². The molecule has 0 aliphatic carbocycles. The molecule has 0 saturated carbocycles. The van der Waals surface area contributed by atoms with Crippen LogP contribution in [0.25, 0.3) is 11.0 Å². The lowest BCUT2D eigenvalue weighted by atomic mass is 10.1. The van der Waals surface area contributed by atoms with Gasteiger partial charge in [-0.05, 0) is 50.8 Å². The number of anilines is 2. The number of nitrogens with one attached hydrogen (secondary N) is 1. The van der Waals surface area contributed by atoms with Gasteiger partial charge in [-0.2, -0.15) is 4.98 Å². The van der Waals surface area contributed by atoms with Gasteiger partial charge < -0.3 is 10.2 Å². The van der Waals surface area contributed by atoms with Gasteiger partial charge in [0.05, 0.1) is 0 Å². The fraction of sp³-hybridized carbons (Fsp3) is 0.381. The number of amides is 1. The zero-order valence-electron chi connectivity index (χ0n) is 16.6. The summed E-state index contributed by atoms with van der Waals surface area (Å²) in [5.74, 6) is 0.316. The summed E-state index contributed by atoms with van der Waals surface area (Å²) >= 11 is 0. The average Bonchev–Trinajstić information content (AvgIpc) is 2.74. The normalized spacial score (nSPS) is 15.3. The third-order valence-corrected chi connectivity index (χ3v) is 5.25. The number of aromatic nitrogens is 4. The predicted octanol–water partition coefficient (Wildman–Crippen LogP) is 2.68. The van der Waals surface area contributed by atoms with Crippen molar-refractivity contribution in [3.05, 3.63) is 52.7 Å². The van der Waals surface area contributed by atoms with E-state index in [0.717, 1.165) is 31.5 Å². The highest BCUT2D eigenvalue weighted by molar-refractivity contribution is 5.93. The Morgan fingerprint density at radius 2 is 1.97 bits per heavy atom. The van der Waals surface area contributed by atoms with Crippen LogP contribution in [0.5, 0.6) is 0 Å². The molecule has 4 rings (SSSR count). The highest BCUT2D eigenvalue weighted by Gasteiger charge is 2.20. The second kappa shape index (κ2) is 7.98. The molecule has 2 aromatic heterocycles. The summed E-state index contributed by atoms with van der Waals surface area (Å²) < 4.78 is 1.32. The number of aryl methyl sites for hydroxylation is 1. The lowest BCUT2D eigenvalue weighted by molar-refractivity contribution is -0.118. The van der Waals surface area contributed by atoms with Crippen molar-refractivity contribution in [2.24, 2.45) is 0 Å². The molecule has 1 fully saturated rings. The largest absolute Gasteiger partial charge is 0.341 e. The Kier molecular flexibility index (Phi) is 5.24. The zero-order chi connectivity index (χ0) is 20.4. The lowest BCUT2D eigenvalue weighted by Gasteiger charge is -2.26. The van der Waals surface area contributed by atoms with Gasteiger partial charge in [0.25, 0.3) is 5.56 Å². The van der Waals surface area contributed by atoms with Crippen molar-refractivity contribution in [1.29, 1.82) is 0 Å². The molecule has 3 heterocycles. The molecule has 1 atom stereocenters. The van der Waals surface area contributed by atoms with E-state index in [1.54, 1.807) is 6.92 Å². The first-order valence-corrected chi connectivity index (χ1v) is 9.89. The molecule has 1 aromatic carbocycles. The van der Waals surface area contributed by atoms with Crippen molar-refractivity contribution in [1.82, 2.24) is 19.5 Å². The van der Waals surface area contributed by atoms with Gasteiger partial charge in [0, 0.05) is 25.0 Å². The van der Waals surface area contributed by atoms with Crippen molar-refractivity contribution in [2.45, 2.75) is 39.2 Å². The van der Waals surface area contributed by atoms with Gasteiger partial charge in [-0.15, -0.1) is 0 Å². The van der Waals surface area contributed by atoms with Gasteiger partial charge in [-0.25, -0.2) is 9.97 Å². The highest BCUT2D eigenvalue weighted by Crippen LogP contribution is 2.17. The molecule has 0 unspecified atom stereocenters. The Hall–Kier alpha value is -3.29. The first-order valence-electron chi connectivity index (χ1n) is 9.89. The van der Waals surface area contributed by atoms with Crippen molar-refractivity contribution in [3.63, 3.8) is 0 Å². The summed E-state index contributed by atoms with van der Waals surface area (Å²) in [4.78, 5) is 40.8. The van der Waals surface area contributed by atoms with E-state index in [-0.39, 0.29) is 11.5 Å². The van der Waals surface area contributed by atoms with Crippen LogP contribution in [0.4, 0.5) is 11.6 Å². The van der Waals surface area contributed by atoms with E-state index >= 15 is 0 Å². The lowest BCUT2D eigenvalue weighted by Crippen LogP contribution is -2.33. The third-order valence-electron chi connectivity index (χ3n) is 5.25. The first-order chi connectivity index (χ1) is 14.0. The topological polar surface area (TPSA) is 93.0 Å². The molecule has 1 amide bonds. The molecule has 3 aromatic rings. The number of piperidine rings is 1. The number of hydrogen-bond donors (Lipinski definition) is 1. The number of hydrogen-bond acceptors (Lipinski definition) is 6. The summed E-state index contributed by atoms with van der Waals surface area (Å²) in [7, 11) is 0. The minimum absolute atomic E-state index is 0.287. The molecule has 1 aliphatic heterocycles. The van der Waals surface area contributed by atoms with E-state index in [1.807, 2.05) is 31.2 Å². The Bertz CT molecular complexity index is 1100. The number of carbonyl (C=O) groups excluding carboxylic acids is 1. The van der Waals surface area contributed by atoms with Crippen molar-refractivity contribution in [2.75, 3.05) is 23.3 Å². The van der Waals surface area contributed by atoms with Gasteiger partial charge in [-0.3, -0.25) is 14.2 Å². The predicted molar refractivity (Wildman–Crippen MR) is 112 cm³/mol. The number of rotatable bonds is 4. The number of benzene rings is 1. The molecule has 1 N–H and O–H groups in total. The van der Waals surface area contributed by atoms with E-state index in [1.165, 1.54) is 23.5 Å². The van der Waals surface area contributed by atoms with Crippen molar-refractivity contribution in [3.8, 4) is 0 Å². The molecule has 1 aliphatic rings. The smallest absolute Gasteiger partial charge is 0.265 e. The number of carbonyl (C=O) groups is 1. The summed E-state index contributed by atoms with van der Waals surface area (Å²) in [5.41, 5.74) is 1.76. The van der Waals surface area contributed by atoms with Crippen LogP contribution in [-0.2, 0) is 4.79 Å². The van der Waals surface area contributed by atoms with Crippen LogP contribution in [-0.4, -0.2) is 38.5 Å². The zero-order valence-corrected chi connectivity index (χ0v) is 16.6. The molecule has 8 nitrogen and oxygen atoms in total. The van der Waals surface area contributed by atoms with Gasteiger partial charge in [0.1, 0.15) is 17.8 Å². The molecule has 150 valence electrons. The average molecular weight is 392 g/mol. The van der Waals surface area contributed by atoms with E-state index in [9.17, 15) is 9.59 Å². The number of fused-ring (bicyclic) bond motifs is 1. The van der Waals surface area contributed by atoms with Crippen LogP contribution in [0.2, 0.25) is 0 Å². The van der Waals surface area contributed by atoms with Crippen molar-refractivity contribution >= 4 is 28.6 Å². The van der Waals surface area contributed by atoms with E-state index in [4.69, 9.17) is 0 Å². The van der Waals surface area contributed by atoms with Crippen LogP contribution in [0.1, 0.15) is 37.8 Å². The third kappa shape index (κ3) is 3.96. The van der Waals surface area contributed by atoms with Crippen LogP contribution in [0.15, 0.2) is 41.6 Å². The van der Waals surface area contributed by atoms with Crippen LogP contribution >= 0.6 is 0 Å². The molecular weight excluding hydrogens is 368 g/mol. The van der Waals surface area contributed by atoms with E-state index in [0.29, 0.717) is 22.7 Å². The van der Waals surface area contributed by atoms with Crippen LogP contribution in [0, 0.1) is 6.92 Å². The van der Waals surface area contributed by atoms with Gasteiger partial charge >= 0.3 is 0 Å². The van der Waals surface area contributed by atoms with E-state index in [2.05, 4.69) is 25.2 Å². The quantitative estimate of drug-likeness (QED) is 0.734. The van der Waals surface area contributed by atoms with E-state index < -0.39 is 6.04 Å². The molecule has 0 radical (unpaired) electrons. The monoisotopic (exact) mass is 392 g/mol. The summed E-state index contributed by atoms with van der Waals surface area (Å²) in [5, 5.41) is 3.15. The van der Waals surface area contributed by atoms with Crippen molar-refractivity contribution < 1.29 is 4.79 Å². The Labute approximate surface area is 168 Å². The standard InChI is InChI=1S/C21H24N6O2/c1-14-7-6-8-16(11-14)24-19(28)15(2)27-13-23-18-17(20(27)29)12-22-21(25-18)26-9-4-3-5-10-26/h6-8,11-13,15H,3-5,9-10H2,1-2H3,(H,24,28)/t15-/m0/s1. The highest BCUT2D eigenvalue weighted by atomic mass is 16.2. The molecule has 29 heavy (non-hydrogen) atoms. The van der Waals surface area contributed by atoms with Crippen LogP contribution < -0.4 is 15.8 Å². The second-order valence-electron chi connectivity index (χ2n) is 7.45. The number of nitrogens with zero attached hydrogens (tertiary/aromatic N) is 5. The van der Waals surface area contributed by atoms with Crippen LogP contribution in [0.3, 0.4) is 0 Å². The summed E-state index contributed by atoms with van der Waals surface area (Å²) in [6.07, 6.45) is 6.35. The minimum Gasteiger partial charge on any atom is -0.341 e. The Balaban J connectivity index is 1.59. The maximum atomic E-state index is 12.9. The minimum atomic E-state index is -0.721.